The topological polar surface area (TPSA) is 124 Å². The molecule has 3 aromatic heterocycles. The lowest BCUT2D eigenvalue weighted by Crippen LogP contribution is -2.23. The second-order valence-electron chi connectivity index (χ2n) is 6.19. The third-order valence-corrected chi connectivity index (χ3v) is 4.42. The van der Waals surface area contributed by atoms with Gasteiger partial charge in [0.2, 0.25) is 0 Å². The molecule has 0 unspecified atom stereocenters. The molecule has 4 aromatic rings. The standard InChI is InChI=1S/C20H19N7O/c21-11-16-26-17(18-19(22)24-9-10-27(16)18)13-4-6-14(7-5-13)20(28)25-12-15-3-1-2-8-23-15/h1-10H,11-12,21H2,(H2,22,24)(H,25,28). The van der Waals surface area contributed by atoms with E-state index >= 15 is 0 Å². The van der Waals surface area contributed by atoms with E-state index in [1.54, 1.807) is 30.7 Å². The minimum atomic E-state index is -0.171. The Balaban J connectivity index is 1.58. The summed E-state index contributed by atoms with van der Waals surface area (Å²) in [5, 5.41) is 2.86. The van der Waals surface area contributed by atoms with Crippen LogP contribution in [-0.2, 0) is 13.1 Å². The van der Waals surface area contributed by atoms with Crippen LogP contribution >= 0.6 is 0 Å². The molecule has 0 aliphatic carbocycles. The van der Waals surface area contributed by atoms with E-state index in [1.807, 2.05) is 34.7 Å². The van der Waals surface area contributed by atoms with Crippen LogP contribution in [0.15, 0.2) is 61.1 Å². The number of fused-ring (bicyclic) bond motifs is 1. The highest BCUT2D eigenvalue weighted by Gasteiger charge is 2.15. The maximum atomic E-state index is 12.4. The third kappa shape index (κ3) is 3.28. The van der Waals surface area contributed by atoms with Crippen molar-refractivity contribution in [2.75, 3.05) is 5.73 Å². The van der Waals surface area contributed by atoms with Gasteiger partial charge in [0.15, 0.2) is 0 Å². The summed E-state index contributed by atoms with van der Waals surface area (Å²) in [6, 6.07) is 12.8. The van der Waals surface area contributed by atoms with Crippen LogP contribution in [0.25, 0.3) is 16.8 Å². The lowest BCUT2D eigenvalue weighted by Gasteiger charge is -2.06. The number of nitrogens with two attached hydrogens (primary N) is 2. The van der Waals surface area contributed by atoms with Gasteiger partial charge in [0.25, 0.3) is 5.91 Å². The van der Waals surface area contributed by atoms with Crippen molar-refractivity contribution < 1.29 is 4.79 Å². The van der Waals surface area contributed by atoms with Crippen LogP contribution < -0.4 is 16.8 Å². The smallest absolute Gasteiger partial charge is 0.251 e. The molecule has 5 N–H and O–H groups in total. The molecule has 3 heterocycles. The van der Waals surface area contributed by atoms with Gasteiger partial charge in [0, 0.05) is 29.7 Å². The van der Waals surface area contributed by atoms with Gasteiger partial charge in [-0.25, -0.2) is 9.97 Å². The first kappa shape index (κ1) is 17.6. The molecule has 0 saturated heterocycles. The summed E-state index contributed by atoms with van der Waals surface area (Å²) in [4.78, 5) is 25.3. The van der Waals surface area contributed by atoms with Crippen LogP contribution in [0.5, 0.6) is 0 Å². The van der Waals surface area contributed by atoms with Gasteiger partial charge < -0.3 is 16.8 Å². The first-order chi connectivity index (χ1) is 13.7. The minimum absolute atomic E-state index is 0.171. The van der Waals surface area contributed by atoms with E-state index in [0.29, 0.717) is 35.0 Å². The van der Waals surface area contributed by atoms with E-state index in [2.05, 4.69) is 20.3 Å². The highest BCUT2D eigenvalue weighted by Crippen LogP contribution is 2.28. The van der Waals surface area contributed by atoms with Gasteiger partial charge in [-0.05, 0) is 24.3 Å². The lowest BCUT2D eigenvalue weighted by atomic mass is 10.1. The molecule has 0 aliphatic heterocycles. The lowest BCUT2D eigenvalue weighted by molar-refractivity contribution is 0.0950. The number of imidazole rings is 1. The molecule has 0 spiro atoms. The number of benzene rings is 1. The van der Waals surface area contributed by atoms with Crippen LogP contribution in [0.3, 0.4) is 0 Å². The van der Waals surface area contributed by atoms with Gasteiger partial charge in [0.1, 0.15) is 22.9 Å². The number of nitrogens with one attached hydrogen (secondary N) is 1. The molecule has 8 nitrogen and oxygen atoms in total. The van der Waals surface area contributed by atoms with Crippen LogP contribution in [0.2, 0.25) is 0 Å². The van der Waals surface area contributed by atoms with Gasteiger partial charge in [-0.2, -0.15) is 0 Å². The summed E-state index contributed by atoms with van der Waals surface area (Å²) in [5.74, 6) is 0.897. The fraction of sp³-hybridized carbons (Fsp3) is 0.100. The van der Waals surface area contributed by atoms with Crippen molar-refractivity contribution in [2.45, 2.75) is 13.1 Å². The molecule has 1 amide bonds. The molecule has 4 rings (SSSR count). The number of hydrogen-bond donors (Lipinski definition) is 3. The fourth-order valence-corrected chi connectivity index (χ4v) is 3.03. The Bertz CT molecular complexity index is 1120. The molecular formula is C20H19N7O. The maximum absolute atomic E-state index is 12.4. The van der Waals surface area contributed by atoms with E-state index in [-0.39, 0.29) is 12.5 Å². The molecule has 0 aliphatic rings. The van der Waals surface area contributed by atoms with E-state index in [0.717, 1.165) is 11.3 Å². The maximum Gasteiger partial charge on any atom is 0.251 e. The Morgan fingerprint density at radius 3 is 2.61 bits per heavy atom. The number of aromatic nitrogens is 4. The Morgan fingerprint density at radius 2 is 1.89 bits per heavy atom. The second kappa shape index (κ2) is 7.45. The third-order valence-electron chi connectivity index (χ3n) is 4.42. The van der Waals surface area contributed by atoms with Crippen molar-refractivity contribution >= 4 is 17.2 Å². The molecule has 0 radical (unpaired) electrons. The Hall–Kier alpha value is -3.78. The Labute approximate surface area is 161 Å². The van der Waals surface area contributed by atoms with Gasteiger partial charge >= 0.3 is 0 Å². The molecule has 140 valence electrons. The van der Waals surface area contributed by atoms with Crippen molar-refractivity contribution in [3.8, 4) is 11.3 Å². The molecule has 0 bridgehead atoms. The van der Waals surface area contributed by atoms with Crippen molar-refractivity contribution in [1.29, 1.82) is 0 Å². The van der Waals surface area contributed by atoms with E-state index < -0.39 is 0 Å². The fourth-order valence-electron chi connectivity index (χ4n) is 3.03. The number of carbonyl (C=O) groups excluding carboxylic acids is 1. The van der Waals surface area contributed by atoms with Crippen LogP contribution in [0.4, 0.5) is 5.82 Å². The predicted molar refractivity (Wildman–Crippen MR) is 106 cm³/mol. The summed E-state index contributed by atoms with van der Waals surface area (Å²) in [5.41, 5.74) is 15.4. The summed E-state index contributed by atoms with van der Waals surface area (Å²) >= 11 is 0. The first-order valence-electron chi connectivity index (χ1n) is 8.77. The number of nitrogens with zero attached hydrogens (tertiary/aromatic N) is 4. The van der Waals surface area contributed by atoms with Gasteiger partial charge in [-0.1, -0.05) is 18.2 Å². The first-order valence-corrected chi connectivity index (χ1v) is 8.77. The number of pyridine rings is 1. The largest absolute Gasteiger partial charge is 0.382 e. The Kier molecular flexibility index (Phi) is 4.69. The van der Waals surface area contributed by atoms with Crippen LogP contribution in [-0.4, -0.2) is 25.3 Å². The van der Waals surface area contributed by atoms with E-state index in [1.165, 1.54) is 0 Å². The normalized spacial score (nSPS) is 10.9. The van der Waals surface area contributed by atoms with Crippen molar-refractivity contribution in [3.05, 3.63) is 78.1 Å². The van der Waals surface area contributed by atoms with Crippen LogP contribution in [0, 0.1) is 0 Å². The average Bonchev–Trinajstić information content (AvgIpc) is 3.13. The molecule has 0 atom stereocenters. The minimum Gasteiger partial charge on any atom is -0.382 e. The number of anilines is 1. The zero-order valence-corrected chi connectivity index (χ0v) is 15.0. The van der Waals surface area contributed by atoms with Gasteiger partial charge in [-0.3, -0.25) is 14.2 Å². The van der Waals surface area contributed by atoms with Crippen molar-refractivity contribution in [1.82, 2.24) is 24.7 Å². The van der Waals surface area contributed by atoms with Gasteiger partial charge in [-0.15, -0.1) is 0 Å². The molecule has 1 aromatic carbocycles. The molecule has 0 saturated carbocycles. The zero-order valence-electron chi connectivity index (χ0n) is 15.0. The summed E-state index contributed by atoms with van der Waals surface area (Å²) in [7, 11) is 0. The summed E-state index contributed by atoms with van der Waals surface area (Å²) in [6.45, 7) is 0.647. The molecular weight excluding hydrogens is 354 g/mol. The van der Waals surface area contributed by atoms with Gasteiger partial charge in [0.05, 0.1) is 18.8 Å². The van der Waals surface area contributed by atoms with Crippen LogP contribution in [0.1, 0.15) is 21.9 Å². The number of amides is 1. The SMILES string of the molecule is NCc1nc(-c2ccc(C(=O)NCc3ccccn3)cc2)c2c(N)nccn12. The highest BCUT2D eigenvalue weighted by molar-refractivity contribution is 5.95. The van der Waals surface area contributed by atoms with E-state index in [4.69, 9.17) is 11.5 Å². The predicted octanol–water partition coefficient (Wildman–Crippen LogP) is 1.76. The highest BCUT2D eigenvalue weighted by atomic mass is 16.1. The van der Waals surface area contributed by atoms with Crippen molar-refractivity contribution in [2.24, 2.45) is 5.73 Å². The molecule has 28 heavy (non-hydrogen) atoms. The number of nitrogen functional groups attached to an aromatic ring is 1. The number of carbonyl (C=O) groups is 1. The Morgan fingerprint density at radius 1 is 1.07 bits per heavy atom. The summed E-state index contributed by atoms with van der Waals surface area (Å²) in [6.07, 6.45) is 5.09. The molecule has 8 heteroatoms. The van der Waals surface area contributed by atoms with Crippen molar-refractivity contribution in [3.63, 3.8) is 0 Å². The van der Waals surface area contributed by atoms with E-state index in [9.17, 15) is 4.79 Å². The number of hydrogen-bond acceptors (Lipinski definition) is 6. The molecule has 0 fully saturated rings. The average molecular weight is 373 g/mol. The summed E-state index contributed by atoms with van der Waals surface area (Å²) < 4.78 is 1.84. The second-order valence-corrected chi connectivity index (χ2v) is 6.19. The monoisotopic (exact) mass is 373 g/mol. The number of rotatable bonds is 5. The zero-order chi connectivity index (χ0) is 19.5. The quantitative estimate of drug-likeness (QED) is 0.490.